The Kier molecular flexibility index (Phi) is 5.81. The van der Waals surface area contributed by atoms with E-state index in [1.165, 1.54) is 0 Å². The van der Waals surface area contributed by atoms with Crippen LogP contribution in [0.25, 0.3) is 0 Å². The van der Waals surface area contributed by atoms with E-state index in [0.717, 1.165) is 28.3 Å². The van der Waals surface area contributed by atoms with E-state index in [-0.39, 0.29) is 6.10 Å². The molecule has 5 nitrogen and oxygen atoms in total. The topological polar surface area (TPSA) is 59.1 Å². The number of hydrogen-bond donors (Lipinski definition) is 2. The van der Waals surface area contributed by atoms with Crippen molar-refractivity contribution >= 4 is 34.7 Å². The molecule has 1 aromatic heterocycles. The van der Waals surface area contributed by atoms with Crippen molar-refractivity contribution in [3.63, 3.8) is 0 Å². The maximum atomic E-state index is 6.29. The number of ether oxygens (including phenoxy) is 1. The van der Waals surface area contributed by atoms with E-state index in [0.29, 0.717) is 16.8 Å². The van der Waals surface area contributed by atoms with Crippen molar-refractivity contribution in [2.24, 2.45) is 0 Å². The molecule has 3 rings (SSSR count). The molecule has 0 bridgehead atoms. The Labute approximate surface area is 164 Å². The van der Waals surface area contributed by atoms with Gasteiger partial charge in [-0.25, -0.2) is 4.98 Å². The summed E-state index contributed by atoms with van der Waals surface area (Å²) in [7, 11) is 0. The van der Waals surface area contributed by atoms with Crippen LogP contribution in [0.3, 0.4) is 0 Å². The summed E-state index contributed by atoms with van der Waals surface area (Å²) in [5, 5.41) is 6.96. The van der Waals surface area contributed by atoms with Crippen molar-refractivity contribution in [3.8, 4) is 5.75 Å². The number of para-hydroxylation sites is 1. The van der Waals surface area contributed by atoms with Crippen molar-refractivity contribution in [1.82, 2.24) is 9.97 Å². The lowest BCUT2D eigenvalue weighted by Gasteiger charge is -2.16. The predicted octanol–water partition coefficient (Wildman–Crippen LogP) is 6.02. The predicted molar refractivity (Wildman–Crippen MR) is 112 cm³/mol. The van der Waals surface area contributed by atoms with Crippen molar-refractivity contribution in [2.45, 2.75) is 33.8 Å². The third kappa shape index (κ3) is 4.89. The summed E-state index contributed by atoms with van der Waals surface area (Å²) in [5.41, 5.74) is 3.98. The third-order valence-corrected chi connectivity index (χ3v) is 4.16. The SMILES string of the molecule is Cc1ccc(OC(C)C)c(Nc2ncc(Cl)c(Nc3ccccc3C)n2)c1. The molecular weight excluding hydrogens is 360 g/mol. The molecule has 27 heavy (non-hydrogen) atoms. The van der Waals surface area contributed by atoms with Crippen LogP contribution in [0, 0.1) is 13.8 Å². The number of rotatable bonds is 6. The molecule has 0 saturated carbocycles. The monoisotopic (exact) mass is 382 g/mol. The van der Waals surface area contributed by atoms with E-state index < -0.39 is 0 Å². The van der Waals surface area contributed by atoms with Gasteiger partial charge in [0.1, 0.15) is 10.8 Å². The van der Waals surface area contributed by atoms with Crippen molar-refractivity contribution < 1.29 is 4.74 Å². The van der Waals surface area contributed by atoms with Crippen LogP contribution < -0.4 is 15.4 Å². The molecule has 0 atom stereocenters. The minimum Gasteiger partial charge on any atom is -0.489 e. The molecule has 0 aliphatic rings. The Morgan fingerprint density at radius 3 is 2.52 bits per heavy atom. The van der Waals surface area contributed by atoms with Gasteiger partial charge in [0.05, 0.1) is 18.0 Å². The van der Waals surface area contributed by atoms with Crippen LogP contribution in [0.2, 0.25) is 5.02 Å². The number of aromatic nitrogens is 2. The van der Waals surface area contributed by atoms with Gasteiger partial charge in [0, 0.05) is 5.69 Å². The molecule has 0 spiro atoms. The molecular formula is C21H23ClN4O. The van der Waals surface area contributed by atoms with E-state index in [4.69, 9.17) is 16.3 Å². The van der Waals surface area contributed by atoms with Crippen LogP contribution in [-0.2, 0) is 0 Å². The fourth-order valence-corrected chi connectivity index (χ4v) is 2.71. The van der Waals surface area contributed by atoms with Gasteiger partial charge < -0.3 is 15.4 Å². The highest BCUT2D eigenvalue weighted by molar-refractivity contribution is 6.32. The number of nitrogens with zero attached hydrogens (tertiary/aromatic N) is 2. The van der Waals surface area contributed by atoms with Crippen LogP contribution in [-0.4, -0.2) is 16.1 Å². The van der Waals surface area contributed by atoms with Crippen LogP contribution in [0.15, 0.2) is 48.7 Å². The smallest absolute Gasteiger partial charge is 0.229 e. The fraction of sp³-hybridized carbons (Fsp3) is 0.238. The molecule has 0 unspecified atom stereocenters. The van der Waals surface area contributed by atoms with Gasteiger partial charge in [0.15, 0.2) is 5.82 Å². The van der Waals surface area contributed by atoms with Gasteiger partial charge in [-0.2, -0.15) is 4.98 Å². The summed E-state index contributed by atoms with van der Waals surface area (Å²) in [6.07, 6.45) is 1.65. The summed E-state index contributed by atoms with van der Waals surface area (Å²) < 4.78 is 5.88. The van der Waals surface area contributed by atoms with Crippen LogP contribution >= 0.6 is 11.6 Å². The Hall–Kier alpha value is -2.79. The van der Waals surface area contributed by atoms with Gasteiger partial charge in [0.25, 0.3) is 0 Å². The van der Waals surface area contributed by atoms with E-state index in [2.05, 4.69) is 20.6 Å². The molecule has 6 heteroatoms. The highest BCUT2D eigenvalue weighted by atomic mass is 35.5. The van der Waals surface area contributed by atoms with Gasteiger partial charge in [-0.15, -0.1) is 0 Å². The second-order valence-corrected chi connectivity index (χ2v) is 7.03. The summed E-state index contributed by atoms with van der Waals surface area (Å²) in [5.74, 6) is 1.74. The molecule has 0 radical (unpaired) electrons. The van der Waals surface area contributed by atoms with Crippen LogP contribution in [0.1, 0.15) is 25.0 Å². The quantitative estimate of drug-likeness (QED) is 0.545. The summed E-state index contributed by atoms with van der Waals surface area (Å²) in [6, 6.07) is 13.9. The van der Waals surface area contributed by atoms with E-state index in [1.54, 1.807) is 6.20 Å². The van der Waals surface area contributed by atoms with Gasteiger partial charge in [-0.1, -0.05) is 35.9 Å². The third-order valence-electron chi connectivity index (χ3n) is 3.89. The van der Waals surface area contributed by atoms with E-state index in [1.807, 2.05) is 70.2 Å². The number of halogens is 1. The minimum absolute atomic E-state index is 0.0673. The number of aryl methyl sites for hydroxylation is 2. The first-order valence-corrected chi connectivity index (χ1v) is 9.19. The molecule has 2 aromatic carbocycles. The zero-order valence-corrected chi connectivity index (χ0v) is 16.6. The highest BCUT2D eigenvalue weighted by Crippen LogP contribution is 2.31. The fourth-order valence-electron chi connectivity index (χ4n) is 2.57. The number of hydrogen-bond acceptors (Lipinski definition) is 5. The second-order valence-electron chi connectivity index (χ2n) is 6.62. The Bertz CT molecular complexity index is 943. The molecule has 0 aliphatic carbocycles. The summed E-state index contributed by atoms with van der Waals surface area (Å²) >= 11 is 6.29. The summed E-state index contributed by atoms with van der Waals surface area (Å²) in [4.78, 5) is 8.83. The van der Waals surface area contributed by atoms with Gasteiger partial charge in [0.2, 0.25) is 5.95 Å². The molecule has 0 aliphatic heterocycles. The molecule has 2 N–H and O–H groups in total. The summed E-state index contributed by atoms with van der Waals surface area (Å²) in [6.45, 7) is 8.04. The number of anilines is 4. The minimum atomic E-state index is 0.0673. The molecule has 0 amide bonds. The zero-order chi connectivity index (χ0) is 19.4. The highest BCUT2D eigenvalue weighted by Gasteiger charge is 2.11. The van der Waals surface area contributed by atoms with Gasteiger partial charge >= 0.3 is 0 Å². The zero-order valence-electron chi connectivity index (χ0n) is 15.9. The second kappa shape index (κ2) is 8.27. The van der Waals surface area contributed by atoms with Crippen molar-refractivity contribution in [2.75, 3.05) is 10.6 Å². The van der Waals surface area contributed by atoms with Crippen LogP contribution in [0.5, 0.6) is 5.75 Å². The molecule has 3 aromatic rings. The molecule has 1 heterocycles. The normalized spacial score (nSPS) is 10.7. The Morgan fingerprint density at radius 2 is 1.78 bits per heavy atom. The van der Waals surface area contributed by atoms with Crippen molar-refractivity contribution in [3.05, 3.63) is 64.8 Å². The van der Waals surface area contributed by atoms with E-state index >= 15 is 0 Å². The van der Waals surface area contributed by atoms with Gasteiger partial charge in [-0.05, 0) is 57.0 Å². The molecule has 0 saturated heterocycles. The number of benzene rings is 2. The van der Waals surface area contributed by atoms with E-state index in [9.17, 15) is 0 Å². The maximum Gasteiger partial charge on any atom is 0.229 e. The molecule has 0 fully saturated rings. The standard InChI is InChI=1S/C21H23ClN4O/c1-13(2)27-19-10-9-14(3)11-18(19)25-21-23-12-16(22)20(26-21)24-17-8-6-5-7-15(17)4/h5-13H,1-4H3,(H2,23,24,25,26). The first-order chi connectivity index (χ1) is 12.9. The Balaban J connectivity index is 1.89. The first kappa shape index (κ1) is 19.0. The van der Waals surface area contributed by atoms with Crippen LogP contribution in [0.4, 0.5) is 23.1 Å². The Morgan fingerprint density at radius 1 is 1.00 bits per heavy atom. The van der Waals surface area contributed by atoms with Crippen molar-refractivity contribution in [1.29, 1.82) is 0 Å². The average Bonchev–Trinajstić information content (AvgIpc) is 2.62. The average molecular weight is 383 g/mol. The lowest BCUT2D eigenvalue weighted by atomic mass is 10.2. The largest absolute Gasteiger partial charge is 0.489 e. The van der Waals surface area contributed by atoms with Gasteiger partial charge in [-0.3, -0.25) is 0 Å². The maximum absolute atomic E-state index is 6.29. The lowest BCUT2D eigenvalue weighted by Crippen LogP contribution is -2.08. The lowest BCUT2D eigenvalue weighted by molar-refractivity contribution is 0.243. The number of nitrogens with one attached hydrogen (secondary N) is 2. The molecule has 140 valence electrons. The first-order valence-electron chi connectivity index (χ1n) is 8.82.